The van der Waals surface area contributed by atoms with Crippen LogP contribution in [0.4, 0.5) is 0 Å². The number of carboxylic acids is 1. The molecule has 0 atom stereocenters. The molecule has 6 nitrogen and oxygen atoms in total. The molecule has 1 aromatic rings. The second-order valence-corrected chi connectivity index (χ2v) is 6.45. The summed E-state index contributed by atoms with van der Waals surface area (Å²) in [6.07, 6.45) is 0.440. The minimum atomic E-state index is -3.54. The maximum atomic E-state index is 12.2. The van der Waals surface area contributed by atoms with E-state index in [1.165, 1.54) is 25.2 Å². The molecule has 1 N–H and O–H groups in total. The van der Waals surface area contributed by atoms with Crippen LogP contribution in [0.15, 0.2) is 29.2 Å². The first-order valence-electron chi connectivity index (χ1n) is 6.08. The number of rotatable bonds is 6. The van der Waals surface area contributed by atoms with E-state index in [0.717, 1.165) is 4.90 Å². The van der Waals surface area contributed by atoms with Crippen LogP contribution < -0.4 is 0 Å². The molecule has 1 rings (SSSR count). The Morgan fingerprint density at radius 3 is 2.40 bits per heavy atom. The summed E-state index contributed by atoms with van der Waals surface area (Å²) in [5, 5.41) is 8.68. The zero-order chi connectivity index (χ0) is 15.3. The highest BCUT2D eigenvalue weighted by atomic mass is 32.2. The van der Waals surface area contributed by atoms with E-state index < -0.39 is 28.3 Å². The van der Waals surface area contributed by atoms with Gasteiger partial charge < -0.3 is 10.0 Å². The third-order valence-electron chi connectivity index (χ3n) is 2.64. The minimum absolute atomic E-state index is 0.00435. The fourth-order valence-electron chi connectivity index (χ4n) is 1.77. The van der Waals surface area contributed by atoms with E-state index in [4.69, 9.17) is 5.11 Å². The first-order valence-corrected chi connectivity index (χ1v) is 7.74. The normalized spacial score (nSPS) is 11.1. The topological polar surface area (TPSA) is 91.8 Å². The molecule has 0 fully saturated rings. The molecular formula is C13H17NO5S. The van der Waals surface area contributed by atoms with Crippen LogP contribution in [0.25, 0.3) is 0 Å². The van der Waals surface area contributed by atoms with Gasteiger partial charge in [0.2, 0.25) is 0 Å². The van der Waals surface area contributed by atoms with Gasteiger partial charge in [-0.25, -0.2) is 8.42 Å². The lowest BCUT2D eigenvalue weighted by Gasteiger charge is -2.16. The van der Waals surface area contributed by atoms with Gasteiger partial charge >= 0.3 is 5.97 Å². The molecule has 0 bridgehead atoms. The van der Waals surface area contributed by atoms with E-state index in [2.05, 4.69) is 0 Å². The number of carbonyl (C=O) groups excluding carboxylic acids is 1. The van der Waals surface area contributed by atoms with E-state index >= 15 is 0 Å². The van der Waals surface area contributed by atoms with Gasteiger partial charge in [0.1, 0.15) is 6.54 Å². The summed E-state index contributed by atoms with van der Waals surface area (Å²) in [7, 11) is -2.22. The third kappa shape index (κ3) is 3.80. The Labute approximate surface area is 117 Å². The number of sulfone groups is 1. The smallest absolute Gasteiger partial charge is 0.323 e. The summed E-state index contributed by atoms with van der Waals surface area (Å²) in [5.41, 5.74) is 0.00435. The van der Waals surface area contributed by atoms with Gasteiger partial charge in [-0.05, 0) is 18.6 Å². The highest BCUT2D eigenvalue weighted by molar-refractivity contribution is 7.91. The standard InChI is InChI=1S/C13H17NO5S/c1-3-8-20(18,19)11-7-5-4-6-10(11)13(17)14(2)9-12(15)16/h4-7H,3,8-9H2,1-2H3,(H,15,16). The quantitative estimate of drug-likeness (QED) is 0.847. The fourth-order valence-corrected chi connectivity index (χ4v) is 3.31. The molecule has 1 aromatic carbocycles. The van der Waals surface area contributed by atoms with Crippen LogP contribution in [0.2, 0.25) is 0 Å². The number of hydrogen-bond acceptors (Lipinski definition) is 4. The third-order valence-corrected chi connectivity index (χ3v) is 4.62. The van der Waals surface area contributed by atoms with E-state index in [0.29, 0.717) is 6.42 Å². The Balaban J connectivity index is 3.20. The zero-order valence-electron chi connectivity index (χ0n) is 11.4. The van der Waals surface area contributed by atoms with Gasteiger partial charge in [-0.1, -0.05) is 19.1 Å². The summed E-state index contributed by atoms with van der Waals surface area (Å²) < 4.78 is 24.2. The molecule has 0 unspecified atom stereocenters. The average Bonchev–Trinajstić information content (AvgIpc) is 2.37. The van der Waals surface area contributed by atoms with Crippen LogP contribution in [-0.2, 0) is 14.6 Å². The number of aliphatic carboxylic acids is 1. The largest absolute Gasteiger partial charge is 0.480 e. The molecule has 0 aromatic heterocycles. The molecule has 0 saturated carbocycles. The zero-order valence-corrected chi connectivity index (χ0v) is 12.2. The molecule has 0 aliphatic rings. The average molecular weight is 299 g/mol. The van der Waals surface area contributed by atoms with Crippen molar-refractivity contribution in [2.24, 2.45) is 0 Å². The summed E-state index contributed by atoms with van der Waals surface area (Å²) in [6, 6.07) is 5.85. The Bertz CT molecular complexity index is 609. The number of carbonyl (C=O) groups is 2. The molecule has 7 heteroatoms. The van der Waals surface area contributed by atoms with Crippen molar-refractivity contribution in [3.8, 4) is 0 Å². The monoisotopic (exact) mass is 299 g/mol. The van der Waals surface area contributed by atoms with Gasteiger partial charge in [0, 0.05) is 7.05 Å². The second-order valence-electron chi connectivity index (χ2n) is 4.37. The first kappa shape index (κ1) is 16.2. The highest BCUT2D eigenvalue weighted by Crippen LogP contribution is 2.19. The van der Waals surface area contributed by atoms with Gasteiger partial charge in [0.15, 0.2) is 9.84 Å². The van der Waals surface area contributed by atoms with Gasteiger partial charge in [-0.15, -0.1) is 0 Å². The fraction of sp³-hybridized carbons (Fsp3) is 0.385. The summed E-state index contributed by atoms with van der Waals surface area (Å²) in [5.74, 6) is -1.84. The molecule has 0 aliphatic heterocycles. The summed E-state index contributed by atoms with van der Waals surface area (Å²) >= 11 is 0. The van der Waals surface area contributed by atoms with Crippen molar-refractivity contribution < 1.29 is 23.1 Å². The van der Waals surface area contributed by atoms with Gasteiger partial charge in [0.05, 0.1) is 16.2 Å². The summed E-state index contributed by atoms with van der Waals surface area (Å²) in [4.78, 5) is 23.7. The van der Waals surface area contributed by atoms with Crippen molar-refractivity contribution in [2.45, 2.75) is 18.2 Å². The molecule has 110 valence electrons. The van der Waals surface area contributed by atoms with Crippen molar-refractivity contribution in [2.75, 3.05) is 19.3 Å². The van der Waals surface area contributed by atoms with Gasteiger partial charge in [-0.3, -0.25) is 9.59 Å². The van der Waals surface area contributed by atoms with Crippen LogP contribution in [0.3, 0.4) is 0 Å². The second kappa shape index (κ2) is 6.51. The lowest BCUT2D eigenvalue weighted by molar-refractivity contribution is -0.137. The maximum Gasteiger partial charge on any atom is 0.323 e. The summed E-state index contributed by atoms with van der Waals surface area (Å²) in [6.45, 7) is 1.25. The number of nitrogens with zero attached hydrogens (tertiary/aromatic N) is 1. The number of benzene rings is 1. The SMILES string of the molecule is CCCS(=O)(=O)c1ccccc1C(=O)N(C)CC(=O)O. The Kier molecular flexibility index (Phi) is 5.26. The van der Waals surface area contributed by atoms with Gasteiger partial charge in [-0.2, -0.15) is 0 Å². The molecule has 0 radical (unpaired) electrons. The van der Waals surface area contributed by atoms with Crippen LogP contribution in [0, 0.1) is 0 Å². The van der Waals surface area contributed by atoms with E-state index in [-0.39, 0.29) is 16.2 Å². The Hall–Kier alpha value is -1.89. The Morgan fingerprint density at radius 1 is 1.25 bits per heavy atom. The lowest BCUT2D eigenvalue weighted by atomic mass is 10.2. The lowest BCUT2D eigenvalue weighted by Crippen LogP contribution is -2.33. The van der Waals surface area contributed by atoms with Crippen molar-refractivity contribution in [1.29, 1.82) is 0 Å². The molecular weight excluding hydrogens is 282 g/mol. The first-order chi connectivity index (χ1) is 9.29. The molecule has 0 aliphatic carbocycles. The van der Waals surface area contributed by atoms with Crippen molar-refractivity contribution in [3.05, 3.63) is 29.8 Å². The molecule has 0 saturated heterocycles. The molecule has 0 heterocycles. The molecule has 1 amide bonds. The van der Waals surface area contributed by atoms with Crippen molar-refractivity contribution in [3.63, 3.8) is 0 Å². The van der Waals surface area contributed by atoms with Gasteiger partial charge in [0.25, 0.3) is 5.91 Å². The number of likely N-dealkylation sites (N-methyl/N-ethyl adjacent to an activating group) is 1. The van der Waals surface area contributed by atoms with Crippen LogP contribution >= 0.6 is 0 Å². The van der Waals surface area contributed by atoms with Crippen molar-refractivity contribution in [1.82, 2.24) is 4.90 Å². The number of amides is 1. The van der Waals surface area contributed by atoms with Crippen LogP contribution in [-0.4, -0.2) is 49.6 Å². The van der Waals surface area contributed by atoms with Crippen LogP contribution in [0.1, 0.15) is 23.7 Å². The molecule has 20 heavy (non-hydrogen) atoms. The minimum Gasteiger partial charge on any atom is -0.480 e. The van der Waals surface area contributed by atoms with Crippen LogP contribution in [0.5, 0.6) is 0 Å². The number of carboxylic acid groups (broad SMARTS) is 1. The van der Waals surface area contributed by atoms with E-state index in [1.807, 2.05) is 0 Å². The predicted octanol–water partition coefficient (Wildman–Crippen LogP) is 1.03. The molecule has 0 spiro atoms. The highest BCUT2D eigenvalue weighted by Gasteiger charge is 2.24. The Morgan fingerprint density at radius 2 is 1.85 bits per heavy atom. The van der Waals surface area contributed by atoms with E-state index in [9.17, 15) is 18.0 Å². The maximum absolute atomic E-state index is 12.2. The number of hydrogen-bond donors (Lipinski definition) is 1. The van der Waals surface area contributed by atoms with Crippen molar-refractivity contribution >= 4 is 21.7 Å². The van der Waals surface area contributed by atoms with E-state index in [1.54, 1.807) is 13.0 Å². The predicted molar refractivity (Wildman–Crippen MR) is 73.4 cm³/mol.